The van der Waals surface area contributed by atoms with Gasteiger partial charge in [0.25, 0.3) is 0 Å². The standard InChI is InChI=1S/C16H17FO/c1-16(2,3)14-10-12(6-9-15(14)18)11-4-7-13(17)8-5-11/h4-10,18H,1-3H3. The van der Waals surface area contributed by atoms with Crippen LogP contribution in [0, 0.1) is 5.82 Å². The molecule has 18 heavy (non-hydrogen) atoms. The van der Waals surface area contributed by atoms with Gasteiger partial charge in [0, 0.05) is 0 Å². The molecule has 0 spiro atoms. The van der Waals surface area contributed by atoms with Crippen LogP contribution in [-0.4, -0.2) is 5.11 Å². The van der Waals surface area contributed by atoms with Crippen molar-refractivity contribution in [3.05, 3.63) is 53.8 Å². The first-order valence-electron chi connectivity index (χ1n) is 5.97. The Morgan fingerprint density at radius 2 is 1.44 bits per heavy atom. The predicted molar refractivity (Wildman–Crippen MR) is 72.2 cm³/mol. The number of hydrogen-bond acceptors (Lipinski definition) is 1. The summed E-state index contributed by atoms with van der Waals surface area (Å²) in [6, 6.07) is 11.9. The van der Waals surface area contributed by atoms with Gasteiger partial charge in [-0.25, -0.2) is 4.39 Å². The second kappa shape index (κ2) is 4.45. The fourth-order valence-electron chi connectivity index (χ4n) is 1.96. The van der Waals surface area contributed by atoms with Crippen molar-refractivity contribution in [2.75, 3.05) is 0 Å². The van der Waals surface area contributed by atoms with Crippen LogP contribution in [0.2, 0.25) is 0 Å². The maximum Gasteiger partial charge on any atom is 0.123 e. The van der Waals surface area contributed by atoms with E-state index in [2.05, 4.69) is 20.8 Å². The van der Waals surface area contributed by atoms with Crippen LogP contribution in [0.1, 0.15) is 26.3 Å². The predicted octanol–water partition coefficient (Wildman–Crippen LogP) is 4.50. The summed E-state index contributed by atoms with van der Waals surface area (Å²) in [7, 11) is 0. The lowest BCUT2D eigenvalue weighted by Gasteiger charge is -2.21. The van der Waals surface area contributed by atoms with Gasteiger partial charge in [0.2, 0.25) is 0 Å². The Balaban J connectivity index is 2.50. The number of aromatic hydroxyl groups is 1. The molecule has 2 aromatic carbocycles. The molecule has 2 rings (SSSR count). The highest BCUT2D eigenvalue weighted by Gasteiger charge is 2.18. The van der Waals surface area contributed by atoms with Crippen LogP contribution < -0.4 is 0 Å². The highest BCUT2D eigenvalue weighted by molar-refractivity contribution is 5.66. The van der Waals surface area contributed by atoms with Gasteiger partial charge < -0.3 is 5.11 Å². The summed E-state index contributed by atoms with van der Waals surface area (Å²) in [5.41, 5.74) is 2.70. The summed E-state index contributed by atoms with van der Waals surface area (Å²) in [5.74, 6) is 0.0573. The van der Waals surface area contributed by atoms with Gasteiger partial charge in [-0.1, -0.05) is 39.0 Å². The Kier molecular flexibility index (Phi) is 3.12. The van der Waals surface area contributed by atoms with Crippen molar-refractivity contribution in [1.82, 2.24) is 0 Å². The first kappa shape index (κ1) is 12.6. The Bertz CT molecular complexity index is 550. The molecule has 0 atom stereocenters. The zero-order valence-electron chi connectivity index (χ0n) is 10.9. The molecule has 0 unspecified atom stereocenters. The topological polar surface area (TPSA) is 20.2 Å². The first-order chi connectivity index (χ1) is 8.38. The molecule has 0 radical (unpaired) electrons. The summed E-state index contributed by atoms with van der Waals surface area (Å²) in [4.78, 5) is 0. The number of phenols is 1. The van der Waals surface area contributed by atoms with E-state index in [0.29, 0.717) is 5.75 Å². The van der Waals surface area contributed by atoms with Crippen molar-refractivity contribution >= 4 is 0 Å². The fourth-order valence-corrected chi connectivity index (χ4v) is 1.96. The zero-order valence-corrected chi connectivity index (χ0v) is 10.9. The van der Waals surface area contributed by atoms with E-state index in [9.17, 15) is 9.50 Å². The summed E-state index contributed by atoms with van der Waals surface area (Å²) in [6.07, 6.45) is 0. The lowest BCUT2D eigenvalue weighted by molar-refractivity contribution is 0.447. The van der Waals surface area contributed by atoms with E-state index >= 15 is 0 Å². The fraction of sp³-hybridized carbons (Fsp3) is 0.250. The SMILES string of the molecule is CC(C)(C)c1cc(-c2ccc(F)cc2)ccc1O. The van der Waals surface area contributed by atoms with Crippen molar-refractivity contribution in [3.63, 3.8) is 0 Å². The Morgan fingerprint density at radius 3 is 2.00 bits per heavy atom. The van der Waals surface area contributed by atoms with E-state index in [0.717, 1.165) is 16.7 Å². The average Bonchev–Trinajstić information content (AvgIpc) is 2.29. The van der Waals surface area contributed by atoms with Crippen LogP contribution >= 0.6 is 0 Å². The number of phenolic OH excluding ortho intramolecular Hbond substituents is 1. The van der Waals surface area contributed by atoms with Gasteiger partial charge in [-0.15, -0.1) is 0 Å². The van der Waals surface area contributed by atoms with Crippen LogP contribution in [0.15, 0.2) is 42.5 Å². The van der Waals surface area contributed by atoms with E-state index in [1.54, 1.807) is 18.2 Å². The maximum atomic E-state index is 12.9. The molecule has 0 aliphatic carbocycles. The third kappa shape index (κ3) is 2.53. The van der Waals surface area contributed by atoms with Gasteiger partial charge in [-0.05, 0) is 46.4 Å². The third-order valence-corrected chi connectivity index (χ3v) is 2.98. The second-order valence-electron chi connectivity index (χ2n) is 5.49. The largest absolute Gasteiger partial charge is 0.508 e. The molecule has 0 aliphatic heterocycles. The van der Waals surface area contributed by atoms with Crippen molar-refractivity contribution in [3.8, 4) is 16.9 Å². The molecular formula is C16H17FO. The normalized spacial score (nSPS) is 11.6. The number of hydrogen-bond donors (Lipinski definition) is 1. The second-order valence-corrected chi connectivity index (χ2v) is 5.49. The molecule has 0 aliphatic rings. The lowest BCUT2D eigenvalue weighted by Crippen LogP contribution is -2.11. The van der Waals surface area contributed by atoms with Gasteiger partial charge in [-0.2, -0.15) is 0 Å². The third-order valence-electron chi connectivity index (χ3n) is 2.98. The molecular weight excluding hydrogens is 227 g/mol. The van der Waals surface area contributed by atoms with E-state index in [1.165, 1.54) is 12.1 Å². The lowest BCUT2D eigenvalue weighted by atomic mass is 9.84. The summed E-state index contributed by atoms with van der Waals surface area (Å²) in [5, 5.41) is 9.90. The highest BCUT2D eigenvalue weighted by atomic mass is 19.1. The Labute approximate surface area is 107 Å². The molecule has 0 saturated carbocycles. The quantitative estimate of drug-likeness (QED) is 0.783. The van der Waals surface area contributed by atoms with Crippen molar-refractivity contribution in [1.29, 1.82) is 0 Å². The van der Waals surface area contributed by atoms with Gasteiger partial charge in [0.15, 0.2) is 0 Å². The molecule has 0 aromatic heterocycles. The number of benzene rings is 2. The molecule has 94 valence electrons. The van der Waals surface area contributed by atoms with Gasteiger partial charge in [0.1, 0.15) is 11.6 Å². The maximum absolute atomic E-state index is 12.9. The van der Waals surface area contributed by atoms with Crippen LogP contribution in [0.4, 0.5) is 4.39 Å². The summed E-state index contributed by atoms with van der Waals surface area (Å²) < 4.78 is 12.9. The molecule has 2 aromatic rings. The average molecular weight is 244 g/mol. The first-order valence-corrected chi connectivity index (χ1v) is 5.97. The van der Waals surface area contributed by atoms with E-state index in [4.69, 9.17) is 0 Å². The minimum absolute atomic E-state index is 0.125. The summed E-state index contributed by atoms with van der Waals surface area (Å²) in [6.45, 7) is 6.16. The van der Waals surface area contributed by atoms with Crippen LogP contribution in [0.25, 0.3) is 11.1 Å². The monoisotopic (exact) mass is 244 g/mol. The highest BCUT2D eigenvalue weighted by Crippen LogP contribution is 2.34. The van der Waals surface area contributed by atoms with Gasteiger partial charge in [-0.3, -0.25) is 0 Å². The number of rotatable bonds is 1. The molecule has 0 heterocycles. The smallest absolute Gasteiger partial charge is 0.123 e. The Morgan fingerprint density at radius 1 is 0.889 bits per heavy atom. The molecule has 0 bridgehead atoms. The van der Waals surface area contributed by atoms with Gasteiger partial charge >= 0.3 is 0 Å². The van der Waals surface area contributed by atoms with Crippen molar-refractivity contribution in [2.24, 2.45) is 0 Å². The van der Waals surface area contributed by atoms with Crippen LogP contribution in [-0.2, 0) is 5.41 Å². The van der Waals surface area contributed by atoms with Crippen molar-refractivity contribution < 1.29 is 9.50 Å². The van der Waals surface area contributed by atoms with Crippen molar-refractivity contribution in [2.45, 2.75) is 26.2 Å². The minimum atomic E-state index is -0.242. The van der Waals surface area contributed by atoms with Crippen LogP contribution in [0.5, 0.6) is 5.75 Å². The number of halogens is 1. The molecule has 0 fully saturated rings. The molecule has 1 nitrogen and oxygen atoms in total. The van der Waals surface area contributed by atoms with E-state index in [-0.39, 0.29) is 11.2 Å². The van der Waals surface area contributed by atoms with E-state index in [1.807, 2.05) is 12.1 Å². The van der Waals surface area contributed by atoms with Crippen LogP contribution in [0.3, 0.4) is 0 Å². The molecule has 0 saturated heterocycles. The molecule has 2 heteroatoms. The zero-order chi connectivity index (χ0) is 13.3. The molecule has 0 amide bonds. The van der Waals surface area contributed by atoms with Gasteiger partial charge in [0.05, 0.1) is 0 Å². The summed E-state index contributed by atoms with van der Waals surface area (Å²) >= 11 is 0. The Hall–Kier alpha value is -1.83. The minimum Gasteiger partial charge on any atom is -0.508 e. The van der Waals surface area contributed by atoms with E-state index < -0.39 is 0 Å². The molecule has 1 N–H and O–H groups in total.